The van der Waals surface area contributed by atoms with Crippen LogP contribution in [-0.4, -0.2) is 20.6 Å². The van der Waals surface area contributed by atoms with Gasteiger partial charge in [0.2, 0.25) is 5.82 Å². The molecule has 1 aromatic heterocycles. The number of rotatable bonds is 3. The average Bonchev–Trinajstić information content (AvgIpc) is 2.88. The fraction of sp³-hybridized carbons (Fsp3) is 0. The highest BCUT2D eigenvalue weighted by Gasteiger charge is 2.05. The van der Waals surface area contributed by atoms with Crippen molar-refractivity contribution in [2.24, 2.45) is 0 Å². The van der Waals surface area contributed by atoms with Crippen LogP contribution >= 0.6 is 27.5 Å². The van der Waals surface area contributed by atoms with E-state index in [0.717, 1.165) is 10.2 Å². The Morgan fingerprint density at radius 1 is 1.56 bits per heavy atom. The van der Waals surface area contributed by atoms with E-state index in [1.165, 1.54) is 6.20 Å². The Hall–Kier alpha value is -1.91. The van der Waals surface area contributed by atoms with E-state index >= 15 is 0 Å². The summed E-state index contributed by atoms with van der Waals surface area (Å²) in [7, 11) is 0. The van der Waals surface area contributed by atoms with Crippen LogP contribution in [0.1, 0.15) is 5.82 Å². The highest BCUT2D eigenvalue weighted by atomic mass is 79.9. The van der Waals surface area contributed by atoms with Crippen LogP contribution in [0, 0.1) is 11.3 Å². The molecule has 0 aliphatic carbocycles. The van der Waals surface area contributed by atoms with Crippen molar-refractivity contribution in [2.45, 2.75) is 0 Å². The Kier molecular flexibility index (Phi) is 3.92. The normalized spacial score (nSPS) is 11.1. The number of anilines is 1. The van der Waals surface area contributed by atoms with E-state index in [4.69, 9.17) is 16.9 Å². The number of benzene rings is 1. The van der Waals surface area contributed by atoms with Crippen LogP contribution in [0.3, 0.4) is 0 Å². The van der Waals surface area contributed by atoms with E-state index in [-0.39, 0.29) is 11.4 Å². The molecule has 0 saturated carbocycles. The molecule has 0 atom stereocenters. The number of nitriles is 1. The maximum atomic E-state index is 8.96. The molecule has 1 heterocycles. The van der Waals surface area contributed by atoms with Crippen molar-refractivity contribution in [2.75, 3.05) is 5.32 Å². The molecule has 0 saturated heterocycles. The van der Waals surface area contributed by atoms with E-state index in [1.54, 1.807) is 12.1 Å². The van der Waals surface area contributed by atoms with Crippen molar-refractivity contribution >= 4 is 38.8 Å². The average molecular weight is 326 g/mol. The lowest BCUT2D eigenvalue weighted by Crippen LogP contribution is -1.93. The first-order valence-corrected chi connectivity index (χ1v) is 5.93. The summed E-state index contributed by atoms with van der Waals surface area (Å²) in [5, 5.41) is 25.6. The molecule has 90 valence electrons. The number of hydrogen-bond donors (Lipinski definition) is 2. The zero-order valence-electron chi connectivity index (χ0n) is 8.85. The highest BCUT2D eigenvalue weighted by Crippen LogP contribution is 2.25. The molecule has 2 rings (SSSR count). The van der Waals surface area contributed by atoms with Gasteiger partial charge in [0.25, 0.3) is 0 Å². The number of halogens is 2. The SMILES string of the molecule is N#CC(=CNc1ccc(Br)c(Cl)c1)c1nn[nH]n1. The maximum Gasteiger partial charge on any atom is 0.216 e. The Labute approximate surface area is 116 Å². The first-order valence-electron chi connectivity index (χ1n) is 4.76. The molecule has 2 N–H and O–H groups in total. The van der Waals surface area contributed by atoms with E-state index in [9.17, 15) is 0 Å². The summed E-state index contributed by atoms with van der Waals surface area (Å²) in [6.07, 6.45) is 1.49. The largest absolute Gasteiger partial charge is 0.360 e. The van der Waals surface area contributed by atoms with Crippen LogP contribution in [-0.2, 0) is 0 Å². The number of H-pyrrole nitrogens is 1. The zero-order valence-corrected chi connectivity index (χ0v) is 11.2. The lowest BCUT2D eigenvalue weighted by atomic mass is 10.3. The second-order valence-electron chi connectivity index (χ2n) is 3.18. The van der Waals surface area contributed by atoms with E-state index in [1.807, 2.05) is 12.1 Å². The fourth-order valence-electron chi connectivity index (χ4n) is 1.16. The molecular weight excluding hydrogens is 320 g/mol. The summed E-state index contributed by atoms with van der Waals surface area (Å²) in [6, 6.07) is 7.32. The van der Waals surface area contributed by atoms with Gasteiger partial charge in [-0.15, -0.1) is 10.2 Å². The van der Waals surface area contributed by atoms with E-state index in [0.29, 0.717) is 5.02 Å². The second-order valence-corrected chi connectivity index (χ2v) is 4.44. The van der Waals surface area contributed by atoms with Crippen LogP contribution in [0.25, 0.3) is 5.57 Å². The first kappa shape index (κ1) is 12.5. The summed E-state index contributed by atoms with van der Waals surface area (Å²) in [6.45, 7) is 0. The standard InChI is InChI=1S/C10H6BrClN6/c11-8-2-1-7(3-9(8)12)14-5-6(4-13)10-15-17-18-16-10/h1-3,5,14H,(H,15,16,17,18). The molecule has 2 aromatic rings. The summed E-state index contributed by atoms with van der Waals surface area (Å²) < 4.78 is 0.803. The lowest BCUT2D eigenvalue weighted by Gasteiger charge is -2.02. The van der Waals surface area contributed by atoms with Gasteiger partial charge in [-0.25, -0.2) is 0 Å². The van der Waals surface area contributed by atoms with Crippen molar-refractivity contribution in [1.29, 1.82) is 5.26 Å². The summed E-state index contributed by atoms with van der Waals surface area (Å²) in [5.41, 5.74) is 1.02. The van der Waals surface area contributed by atoms with Crippen LogP contribution in [0.2, 0.25) is 5.02 Å². The smallest absolute Gasteiger partial charge is 0.216 e. The summed E-state index contributed by atoms with van der Waals surface area (Å²) >= 11 is 9.24. The molecule has 0 unspecified atom stereocenters. The number of hydrogen-bond acceptors (Lipinski definition) is 5. The Balaban J connectivity index is 2.19. The van der Waals surface area contributed by atoms with Gasteiger partial charge in [0.1, 0.15) is 11.6 Å². The molecule has 0 bridgehead atoms. The highest BCUT2D eigenvalue weighted by molar-refractivity contribution is 9.10. The molecule has 0 radical (unpaired) electrons. The molecular formula is C10H6BrClN6. The van der Waals surface area contributed by atoms with Gasteiger partial charge in [0, 0.05) is 16.4 Å². The maximum absolute atomic E-state index is 8.96. The number of allylic oxidation sites excluding steroid dienone is 1. The topological polar surface area (TPSA) is 90.3 Å². The third-order valence-electron chi connectivity index (χ3n) is 2.01. The third-order valence-corrected chi connectivity index (χ3v) is 3.24. The minimum atomic E-state index is 0.230. The van der Waals surface area contributed by atoms with Crippen molar-refractivity contribution in [1.82, 2.24) is 20.6 Å². The molecule has 18 heavy (non-hydrogen) atoms. The summed E-state index contributed by atoms with van der Waals surface area (Å²) in [4.78, 5) is 0. The summed E-state index contributed by atoms with van der Waals surface area (Å²) in [5.74, 6) is 0.230. The van der Waals surface area contributed by atoms with E-state index < -0.39 is 0 Å². The quantitative estimate of drug-likeness (QED) is 0.847. The molecule has 0 aliphatic rings. The van der Waals surface area contributed by atoms with Gasteiger partial charge >= 0.3 is 0 Å². The number of aromatic amines is 1. The zero-order chi connectivity index (χ0) is 13.0. The van der Waals surface area contributed by atoms with Crippen molar-refractivity contribution in [3.05, 3.63) is 39.7 Å². The second kappa shape index (κ2) is 5.62. The number of nitrogens with zero attached hydrogens (tertiary/aromatic N) is 4. The molecule has 6 nitrogen and oxygen atoms in total. The Morgan fingerprint density at radius 3 is 3.00 bits per heavy atom. The predicted octanol–water partition coefficient (Wildman–Crippen LogP) is 2.59. The monoisotopic (exact) mass is 324 g/mol. The molecule has 1 aromatic carbocycles. The Morgan fingerprint density at radius 2 is 2.39 bits per heavy atom. The predicted molar refractivity (Wildman–Crippen MR) is 70.5 cm³/mol. The fourth-order valence-corrected chi connectivity index (χ4v) is 1.59. The van der Waals surface area contributed by atoms with Crippen molar-refractivity contribution in [3.63, 3.8) is 0 Å². The van der Waals surface area contributed by atoms with Crippen molar-refractivity contribution < 1.29 is 0 Å². The number of nitrogens with one attached hydrogen (secondary N) is 2. The Bertz CT molecular complexity index is 616. The molecule has 0 fully saturated rings. The van der Waals surface area contributed by atoms with Gasteiger partial charge in [0.05, 0.1) is 5.02 Å². The molecule has 8 heteroatoms. The van der Waals surface area contributed by atoms with Gasteiger partial charge in [-0.2, -0.15) is 10.5 Å². The van der Waals surface area contributed by atoms with Crippen LogP contribution in [0.15, 0.2) is 28.9 Å². The van der Waals surface area contributed by atoms with Gasteiger partial charge in [-0.05, 0) is 39.3 Å². The van der Waals surface area contributed by atoms with E-state index in [2.05, 4.69) is 41.9 Å². The molecule has 0 amide bonds. The first-order chi connectivity index (χ1) is 8.70. The molecule has 0 spiro atoms. The number of tetrazole rings is 1. The minimum absolute atomic E-state index is 0.230. The van der Waals surface area contributed by atoms with Crippen LogP contribution in [0.4, 0.5) is 5.69 Å². The number of aromatic nitrogens is 4. The van der Waals surface area contributed by atoms with Gasteiger partial charge < -0.3 is 5.32 Å². The molecule has 0 aliphatic heterocycles. The van der Waals surface area contributed by atoms with Crippen LogP contribution < -0.4 is 5.32 Å². The van der Waals surface area contributed by atoms with Gasteiger partial charge in [-0.1, -0.05) is 11.6 Å². The lowest BCUT2D eigenvalue weighted by molar-refractivity contribution is 0.881. The minimum Gasteiger partial charge on any atom is -0.360 e. The van der Waals surface area contributed by atoms with Crippen LogP contribution in [0.5, 0.6) is 0 Å². The van der Waals surface area contributed by atoms with Crippen molar-refractivity contribution in [3.8, 4) is 6.07 Å². The third kappa shape index (κ3) is 2.85. The van der Waals surface area contributed by atoms with Gasteiger partial charge in [0.15, 0.2) is 0 Å². The van der Waals surface area contributed by atoms with Gasteiger partial charge in [-0.3, -0.25) is 0 Å².